The van der Waals surface area contributed by atoms with Crippen LogP contribution < -0.4 is 4.90 Å². The predicted octanol–water partition coefficient (Wildman–Crippen LogP) is 1.81. The Morgan fingerprint density at radius 3 is 2.84 bits per heavy atom. The number of likely N-dealkylation sites (N-methyl/N-ethyl adjacent to an activating group) is 1. The molecule has 0 radical (unpaired) electrons. The number of aliphatic carboxylic acids is 1. The van der Waals surface area contributed by atoms with Gasteiger partial charge in [-0.05, 0) is 25.6 Å². The average molecular weight is 266 g/mol. The Kier molecular flexibility index (Phi) is 4.37. The first-order chi connectivity index (χ1) is 9.08. The van der Waals surface area contributed by atoms with Gasteiger partial charge in [0.1, 0.15) is 5.82 Å². The molecule has 1 aromatic rings. The molecule has 1 aromatic carbocycles. The maximum absolute atomic E-state index is 13.8. The smallest absolute Gasteiger partial charge is 0.303 e. The molecule has 1 atom stereocenters. The molecule has 1 fully saturated rings. The molecule has 0 aromatic heterocycles. The number of halogens is 1. The fourth-order valence-corrected chi connectivity index (χ4v) is 2.47. The number of carboxylic acid groups (broad SMARTS) is 1. The van der Waals surface area contributed by atoms with Crippen molar-refractivity contribution in [2.75, 3.05) is 31.6 Å². The minimum absolute atomic E-state index is 0.153. The standard InChI is InChI=1S/C14H19FN2O2/c1-16-8-9-17(10-11(16)6-7-14(18)19)13-5-3-2-4-12(13)15/h2-5,11H,6-10H2,1H3,(H,18,19). The van der Waals surface area contributed by atoms with Gasteiger partial charge in [-0.3, -0.25) is 9.69 Å². The van der Waals surface area contributed by atoms with Crippen molar-refractivity contribution in [2.24, 2.45) is 0 Å². The Morgan fingerprint density at radius 1 is 1.42 bits per heavy atom. The van der Waals surface area contributed by atoms with Gasteiger partial charge in [-0.15, -0.1) is 0 Å². The number of hydrogen-bond acceptors (Lipinski definition) is 3. The first-order valence-corrected chi connectivity index (χ1v) is 6.49. The Bertz CT molecular complexity index is 453. The second-order valence-corrected chi connectivity index (χ2v) is 4.96. The third kappa shape index (κ3) is 3.44. The maximum atomic E-state index is 13.8. The van der Waals surface area contributed by atoms with Crippen LogP contribution in [-0.2, 0) is 4.79 Å². The number of anilines is 1. The van der Waals surface area contributed by atoms with E-state index in [0.717, 1.165) is 13.1 Å². The second kappa shape index (κ2) is 6.02. The number of piperazine rings is 1. The van der Waals surface area contributed by atoms with Crippen LogP contribution in [-0.4, -0.2) is 48.7 Å². The van der Waals surface area contributed by atoms with Crippen molar-refractivity contribution < 1.29 is 14.3 Å². The van der Waals surface area contributed by atoms with E-state index in [0.29, 0.717) is 18.7 Å². The van der Waals surface area contributed by atoms with Gasteiger partial charge in [0.25, 0.3) is 0 Å². The lowest BCUT2D eigenvalue weighted by Crippen LogP contribution is -2.51. The Morgan fingerprint density at radius 2 is 2.16 bits per heavy atom. The number of para-hydroxylation sites is 1. The van der Waals surface area contributed by atoms with Crippen LogP contribution in [0.25, 0.3) is 0 Å². The summed E-state index contributed by atoms with van der Waals surface area (Å²) < 4.78 is 13.8. The molecule has 1 aliphatic heterocycles. The van der Waals surface area contributed by atoms with E-state index in [-0.39, 0.29) is 18.3 Å². The highest BCUT2D eigenvalue weighted by atomic mass is 19.1. The van der Waals surface area contributed by atoms with E-state index in [2.05, 4.69) is 4.90 Å². The summed E-state index contributed by atoms with van der Waals surface area (Å²) in [6.07, 6.45) is 0.747. The van der Waals surface area contributed by atoms with E-state index in [9.17, 15) is 9.18 Å². The van der Waals surface area contributed by atoms with Gasteiger partial charge in [-0.2, -0.15) is 0 Å². The van der Waals surface area contributed by atoms with Crippen molar-refractivity contribution in [2.45, 2.75) is 18.9 Å². The van der Waals surface area contributed by atoms with Crippen molar-refractivity contribution >= 4 is 11.7 Å². The molecule has 2 rings (SSSR count). The molecule has 4 nitrogen and oxygen atoms in total. The van der Waals surface area contributed by atoms with Crippen LogP contribution >= 0.6 is 0 Å². The fourth-order valence-electron chi connectivity index (χ4n) is 2.47. The first kappa shape index (κ1) is 13.8. The number of nitrogens with zero attached hydrogens (tertiary/aromatic N) is 2. The van der Waals surface area contributed by atoms with Crippen molar-refractivity contribution in [3.8, 4) is 0 Å². The summed E-state index contributed by atoms with van der Waals surface area (Å²) in [7, 11) is 1.99. The van der Waals surface area contributed by atoms with Crippen molar-refractivity contribution in [3.63, 3.8) is 0 Å². The summed E-state index contributed by atoms with van der Waals surface area (Å²) in [6, 6.07) is 6.89. The maximum Gasteiger partial charge on any atom is 0.303 e. The van der Waals surface area contributed by atoms with Gasteiger partial charge >= 0.3 is 5.97 Å². The van der Waals surface area contributed by atoms with E-state index >= 15 is 0 Å². The molecule has 5 heteroatoms. The van der Waals surface area contributed by atoms with Gasteiger partial charge in [0, 0.05) is 32.1 Å². The molecular formula is C14H19FN2O2. The van der Waals surface area contributed by atoms with Crippen LogP contribution in [0.15, 0.2) is 24.3 Å². The summed E-state index contributed by atoms with van der Waals surface area (Å²) in [4.78, 5) is 14.8. The third-order valence-corrected chi connectivity index (χ3v) is 3.66. The van der Waals surface area contributed by atoms with Crippen LogP contribution in [0, 0.1) is 5.82 Å². The zero-order valence-electron chi connectivity index (χ0n) is 11.1. The summed E-state index contributed by atoms with van der Waals surface area (Å²) >= 11 is 0. The van der Waals surface area contributed by atoms with Crippen LogP contribution in [0.1, 0.15) is 12.8 Å². The molecule has 0 saturated carbocycles. The number of hydrogen-bond donors (Lipinski definition) is 1. The number of rotatable bonds is 4. The molecule has 0 spiro atoms. The molecule has 0 aliphatic carbocycles. The number of benzene rings is 1. The Balaban J connectivity index is 2.04. The number of carboxylic acids is 1. The molecule has 104 valence electrons. The van der Waals surface area contributed by atoms with Crippen LogP contribution in [0.4, 0.5) is 10.1 Å². The molecule has 19 heavy (non-hydrogen) atoms. The summed E-state index contributed by atoms with van der Waals surface area (Å²) in [6.45, 7) is 2.25. The summed E-state index contributed by atoms with van der Waals surface area (Å²) in [5.74, 6) is -1.000. The molecule has 1 heterocycles. The lowest BCUT2D eigenvalue weighted by Gasteiger charge is -2.40. The predicted molar refractivity (Wildman–Crippen MR) is 71.9 cm³/mol. The molecule has 1 unspecified atom stereocenters. The van der Waals surface area contributed by atoms with E-state index < -0.39 is 5.97 Å². The lowest BCUT2D eigenvalue weighted by atomic mass is 10.1. The van der Waals surface area contributed by atoms with Crippen molar-refractivity contribution in [1.29, 1.82) is 0 Å². The highest BCUT2D eigenvalue weighted by molar-refractivity contribution is 5.66. The molecule has 0 amide bonds. The third-order valence-electron chi connectivity index (χ3n) is 3.66. The van der Waals surface area contributed by atoms with Gasteiger partial charge in [0.05, 0.1) is 5.69 Å². The normalized spacial score (nSPS) is 20.5. The second-order valence-electron chi connectivity index (χ2n) is 4.96. The van der Waals surface area contributed by atoms with Gasteiger partial charge in [-0.25, -0.2) is 4.39 Å². The molecule has 0 bridgehead atoms. The monoisotopic (exact) mass is 266 g/mol. The highest BCUT2D eigenvalue weighted by Crippen LogP contribution is 2.23. The molecule has 1 N–H and O–H groups in total. The molecule has 1 saturated heterocycles. The first-order valence-electron chi connectivity index (χ1n) is 6.49. The van der Waals surface area contributed by atoms with E-state index in [4.69, 9.17) is 5.11 Å². The average Bonchev–Trinajstić information content (AvgIpc) is 2.38. The van der Waals surface area contributed by atoms with E-state index in [1.54, 1.807) is 12.1 Å². The van der Waals surface area contributed by atoms with Crippen molar-refractivity contribution in [1.82, 2.24) is 4.90 Å². The number of carbonyl (C=O) groups is 1. The highest BCUT2D eigenvalue weighted by Gasteiger charge is 2.25. The molecular weight excluding hydrogens is 247 g/mol. The lowest BCUT2D eigenvalue weighted by molar-refractivity contribution is -0.137. The largest absolute Gasteiger partial charge is 0.481 e. The van der Waals surface area contributed by atoms with Crippen LogP contribution in [0.3, 0.4) is 0 Å². The van der Waals surface area contributed by atoms with E-state index in [1.165, 1.54) is 6.07 Å². The Hall–Kier alpha value is -1.62. The van der Waals surface area contributed by atoms with Gasteiger partial charge in [-0.1, -0.05) is 12.1 Å². The zero-order chi connectivity index (χ0) is 13.8. The van der Waals surface area contributed by atoms with Gasteiger partial charge < -0.3 is 10.0 Å². The summed E-state index contributed by atoms with van der Waals surface area (Å²) in [5, 5.41) is 8.77. The fraction of sp³-hybridized carbons (Fsp3) is 0.500. The Labute approximate surface area is 112 Å². The molecule has 1 aliphatic rings. The van der Waals surface area contributed by atoms with E-state index in [1.807, 2.05) is 18.0 Å². The topological polar surface area (TPSA) is 43.8 Å². The van der Waals surface area contributed by atoms with Crippen LogP contribution in [0.2, 0.25) is 0 Å². The van der Waals surface area contributed by atoms with Crippen LogP contribution in [0.5, 0.6) is 0 Å². The van der Waals surface area contributed by atoms with Gasteiger partial charge in [0.2, 0.25) is 0 Å². The SMILES string of the molecule is CN1CCN(c2ccccc2F)CC1CCC(=O)O. The summed E-state index contributed by atoms with van der Waals surface area (Å²) in [5.41, 5.74) is 0.607. The minimum Gasteiger partial charge on any atom is -0.481 e. The van der Waals surface area contributed by atoms with Gasteiger partial charge in [0.15, 0.2) is 0 Å². The minimum atomic E-state index is -0.781. The quantitative estimate of drug-likeness (QED) is 0.902. The zero-order valence-corrected chi connectivity index (χ0v) is 11.1. The van der Waals surface area contributed by atoms with Crippen molar-refractivity contribution in [3.05, 3.63) is 30.1 Å².